The molecule has 0 amide bonds. The Morgan fingerprint density at radius 1 is 1.11 bits per heavy atom. The number of rotatable bonds is 8. The minimum atomic E-state index is -0.152. The maximum Gasteiger partial charge on any atom is 0.203 e. The summed E-state index contributed by atoms with van der Waals surface area (Å²) >= 11 is 0. The summed E-state index contributed by atoms with van der Waals surface area (Å²) in [6.07, 6.45) is 4.16. The SMILES string of the molecule is CCCCN1C(Cc2cc(OC)c(OC)c(OC)c2)N=C2C(N)=NC=NC21. The summed E-state index contributed by atoms with van der Waals surface area (Å²) in [6, 6.07) is 3.92. The fourth-order valence-corrected chi connectivity index (χ4v) is 3.44. The molecule has 0 spiro atoms. The van der Waals surface area contributed by atoms with Crippen LogP contribution in [0.25, 0.3) is 0 Å². The summed E-state index contributed by atoms with van der Waals surface area (Å²) in [5, 5.41) is 0. The van der Waals surface area contributed by atoms with Gasteiger partial charge in [-0.1, -0.05) is 13.3 Å². The summed E-state index contributed by atoms with van der Waals surface area (Å²) in [5.74, 6) is 2.30. The second kappa shape index (κ2) is 8.39. The summed E-state index contributed by atoms with van der Waals surface area (Å²) in [7, 11) is 4.83. The lowest BCUT2D eigenvalue weighted by Crippen LogP contribution is -2.45. The van der Waals surface area contributed by atoms with Crippen LogP contribution in [0, 0.1) is 0 Å². The van der Waals surface area contributed by atoms with Crippen LogP contribution in [0.4, 0.5) is 0 Å². The predicted molar refractivity (Wildman–Crippen MR) is 107 cm³/mol. The Hall–Kier alpha value is -2.61. The van der Waals surface area contributed by atoms with E-state index in [9.17, 15) is 0 Å². The maximum absolute atomic E-state index is 6.04. The van der Waals surface area contributed by atoms with E-state index in [1.165, 1.54) is 6.34 Å². The second-order valence-corrected chi connectivity index (χ2v) is 6.48. The lowest BCUT2D eigenvalue weighted by atomic mass is 10.1. The van der Waals surface area contributed by atoms with Gasteiger partial charge in [-0.2, -0.15) is 0 Å². The maximum atomic E-state index is 6.04. The highest BCUT2D eigenvalue weighted by atomic mass is 16.5. The van der Waals surface area contributed by atoms with Crippen LogP contribution in [0.15, 0.2) is 27.1 Å². The molecule has 0 aliphatic carbocycles. The molecule has 0 bridgehead atoms. The zero-order valence-corrected chi connectivity index (χ0v) is 16.3. The van der Waals surface area contributed by atoms with Crippen molar-refractivity contribution in [2.75, 3.05) is 27.9 Å². The Morgan fingerprint density at radius 2 is 1.81 bits per heavy atom. The van der Waals surface area contributed by atoms with Gasteiger partial charge in [-0.05, 0) is 24.1 Å². The van der Waals surface area contributed by atoms with Crippen LogP contribution >= 0.6 is 0 Å². The molecular weight excluding hydrogens is 346 g/mol. The topological polar surface area (TPSA) is 94.0 Å². The zero-order chi connectivity index (χ0) is 19.4. The molecule has 1 aromatic rings. The number of ether oxygens (including phenoxy) is 3. The molecule has 2 aliphatic heterocycles. The van der Waals surface area contributed by atoms with E-state index in [0.29, 0.717) is 29.5 Å². The summed E-state index contributed by atoms with van der Waals surface area (Å²) in [6.45, 7) is 3.07. The monoisotopic (exact) mass is 373 g/mol. The van der Waals surface area contributed by atoms with Crippen LogP contribution in [-0.2, 0) is 6.42 Å². The third kappa shape index (κ3) is 3.75. The fraction of sp³-hybridized carbons (Fsp3) is 0.526. The largest absolute Gasteiger partial charge is 0.493 e. The average molecular weight is 373 g/mol. The van der Waals surface area contributed by atoms with E-state index < -0.39 is 0 Å². The highest BCUT2D eigenvalue weighted by Gasteiger charge is 2.38. The molecule has 2 aliphatic rings. The standard InChI is InChI=1S/C19H27N5O3/c1-5-6-7-24-15(23-16-18(20)21-11-22-19(16)24)10-12-8-13(25-2)17(27-4)14(9-12)26-3/h8-9,11,15,19H,5-7,10H2,1-4H3,(H2,20,21,22). The first kappa shape index (κ1) is 19.2. The van der Waals surface area contributed by atoms with Crippen molar-refractivity contribution in [3.05, 3.63) is 17.7 Å². The van der Waals surface area contributed by atoms with E-state index in [-0.39, 0.29) is 12.3 Å². The van der Waals surface area contributed by atoms with E-state index in [1.807, 2.05) is 12.1 Å². The van der Waals surface area contributed by atoms with Gasteiger partial charge in [0.15, 0.2) is 17.7 Å². The van der Waals surface area contributed by atoms with E-state index >= 15 is 0 Å². The van der Waals surface area contributed by atoms with Gasteiger partial charge in [0.25, 0.3) is 0 Å². The van der Waals surface area contributed by atoms with Crippen molar-refractivity contribution in [2.45, 2.75) is 38.5 Å². The fourth-order valence-electron chi connectivity index (χ4n) is 3.44. The van der Waals surface area contributed by atoms with E-state index in [2.05, 4.69) is 21.8 Å². The Bertz CT molecular complexity index is 750. The zero-order valence-electron chi connectivity index (χ0n) is 16.3. The highest BCUT2D eigenvalue weighted by molar-refractivity contribution is 6.45. The quantitative estimate of drug-likeness (QED) is 0.751. The van der Waals surface area contributed by atoms with Gasteiger partial charge in [0, 0.05) is 13.0 Å². The minimum Gasteiger partial charge on any atom is -0.493 e. The number of benzene rings is 1. The van der Waals surface area contributed by atoms with Gasteiger partial charge in [-0.25, -0.2) is 9.98 Å². The molecule has 2 N–H and O–H groups in total. The van der Waals surface area contributed by atoms with Gasteiger partial charge in [0.1, 0.15) is 24.1 Å². The number of methoxy groups -OCH3 is 3. The first-order valence-electron chi connectivity index (χ1n) is 9.10. The molecule has 0 saturated carbocycles. The van der Waals surface area contributed by atoms with Crippen molar-refractivity contribution in [3.8, 4) is 17.2 Å². The molecule has 0 aromatic heterocycles. The smallest absolute Gasteiger partial charge is 0.203 e. The Labute approximate surface area is 159 Å². The third-order valence-corrected chi connectivity index (χ3v) is 4.81. The first-order valence-corrected chi connectivity index (χ1v) is 9.10. The van der Waals surface area contributed by atoms with Crippen molar-refractivity contribution in [3.63, 3.8) is 0 Å². The van der Waals surface area contributed by atoms with Crippen LogP contribution in [0.5, 0.6) is 17.2 Å². The van der Waals surface area contributed by atoms with Crippen molar-refractivity contribution in [2.24, 2.45) is 20.7 Å². The van der Waals surface area contributed by atoms with Gasteiger partial charge in [-0.3, -0.25) is 9.89 Å². The number of hydrogen-bond acceptors (Lipinski definition) is 8. The molecule has 3 rings (SSSR count). The molecule has 2 heterocycles. The van der Waals surface area contributed by atoms with Crippen molar-refractivity contribution in [1.29, 1.82) is 0 Å². The molecular formula is C19H27N5O3. The molecule has 2 unspecified atom stereocenters. The lowest BCUT2D eigenvalue weighted by molar-refractivity contribution is 0.196. The van der Waals surface area contributed by atoms with E-state index in [1.54, 1.807) is 21.3 Å². The van der Waals surface area contributed by atoms with Gasteiger partial charge in [0.2, 0.25) is 5.75 Å². The van der Waals surface area contributed by atoms with E-state index in [0.717, 1.165) is 30.7 Å². The molecule has 0 radical (unpaired) electrons. The molecule has 146 valence electrons. The Balaban J connectivity index is 1.90. The van der Waals surface area contributed by atoms with Gasteiger partial charge >= 0.3 is 0 Å². The van der Waals surface area contributed by atoms with Crippen molar-refractivity contribution < 1.29 is 14.2 Å². The third-order valence-electron chi connectivity index (χ3n) is 4.81. The van der Waals surface area contributed by atoms with Gasteiger partial charge in [0.05, 0.1) is 21.3 Å². The van der Waals surface area contributed by atoms with E-state index in [4.69, 9.17) is 24.9 Å². The van der Waals surface area contributed by atoms with Crippen molar-refractivity contribution in [1.82, 2.24) is 4.90 Å². The average Bonchev–Trinajstić information content (AvgIpc) is 3.03. The number of hydrogen-bond donors (Lipinski definition) is 1. The van der Waals surface area contributed by atoms with Crippen LogP contribution in [0.3, 0.4) is 0 Å². The number of aliphatic imine (C=N–C) groups is 3. The van der Waals surface area contributed by atoms with Gasteiger partial charge < -0.3 is 19.9 Å². The number of nitrogens with two attached hydrogens (primary N) is 1. The van der Waals surface area contributed by atoms with Gasteiger partial charge in [-0.15, -0.1) is 0 Å². The Morgan fingerprint density at radius 3 is 2.41 bits per heavy atom. The summed E-state index contributed by atoms with van der Waals surface area (Å²) in [4.78, 5) is 15.7. The Kier molecular flexibility index (Phi) is 5.95. The second-order valence-electron chi connectivity index (χ2n) is 6.48. The van der Waals surface area contributed by atoms with Crippen LogP contribution in [0.1, 0.15) is 25.3 Å². The highest BCUT2D eigenvalue weighted by Crippen LogP contribution is 2.39. The molecule has 8 nitrogen and oxygen atoms in total. The normalized spacial score (nSPS) is 21.5. The molecule has 0 saturated heterocycles. The molecule has 2 atom stereocenters. The minimum absolute atomic E-state index is 0.0663. The number of unbranched alkanes of at least 4 members (excludes halogenated alkanes) is 1. The lowest BCUT2D eigenvalue weighted by Gasteiger charge is -2.28. The number of nitrogens with zero attached hydrogens (tertiary/aromatic N) is 4. The molecule has 0 fully saturated rings. The summed E-state index contributed by atoms with van der Waals surface area (Å²) in [5.41, 5.74) is 7.84. The molecule has 1 aromatic carbocycles. The summed E-state index contributed by atoms with van der Waals surface area (Å²) < 4.78 is 16.3. The van der Waals surface area contributed by atoms with Crippen LogP contribution in [-0.4, -0.2) is 63.0 Å². The first-order chi connectivity index (χ1) is 13.1. The molecule has 27 heavy (non-hydrogen) atoms. The van der Waals surface area contributed by atoms with Crippen molar-refractivity contribution >= 4 is 17.9 Å². The predicted octanol–water partition coefficient (Wildman–Crippen LogP) is 1.86. The number of fused-ring (bicyclic) bond motifs is 1. The number of amidine groups is 1. The van der Waals surface area contributed by atoms with Crippen LogP contribution < -0.4 is 19.9 Å². The molecule has 8 heteroatoms. The van der Waals surface area contributed by atoms with Crippen LogP contribution in [0.2, 0.25) is 0 Å².